The highest BCUT2D eigenvalue weighted by Gasteiger charge is 2.46. The average molecular weight is 302 g/mol. The first-order chi connectivity index (χ1) is 10.3. The van der Waals surface area contributed by atoms with Crippen LogP contribution < -0.4 is 10.6 Å². The van der Waals surface area contributed by atoms with Gasteiger partial charge in [-0.05, 0) is 43.2 Å². The number of anilines is 1. The maximum absolute atomic E-state index is 4.73. The predicted molar refractivity (Wildman–Crippen MR) is 87.9 cm³/mol. The molecule has 0 bridgehead atoms. The molecule has 112 valence electrons. The first-order valence-electron chi connectivity index (χ1n) is 7.99. The quantitative estimate of drug-likeness (QED) is 0.891. The lowest BCUT2D eigenvalue weighted by Crippen LogP contribution is -2.34. The lowest BCUT2D eigenvalue weighted by atomic mass is 9.81. The van der Waals surface area contributed by atoms with E-state index in [2.05, 4.69) is 34.0 Å². The molecule has 0 radical (unpaired) electrons. The van der Waals surface area contributed by atoms with Gasteiger partial charge in [-0.1, -0.05) is 6.92 Å². The number of aromatic nitrogens is 2. The second-order valence-electron chi connectivity index (χ2n) is 6.40. The van der Waals surface area contributed by atoms with Crippen molar-refractivity contribution in [3.8, 4) is 0 Å². The van der Waals surface area contributed by atoms with E-state index in [0.717, 1.165) is 48.4 Å². The Morgan fingerprint density at radius 1 is 1.43 bits per heavy atom. The summed E-state index contributed by atoms with van der Waals surface area (Å²) < 4.78 is 0. The molecule has 2 fully saturated rings. The van der Waals surface area contributed by atoms with Crippen LogP contribution in [0, 0.1) is 11.3 Å². The maximum Gasteiger partial charge on any atom is 0.138 e. The van der Waals surface area contributed by atoms with Gasteiger partial charge in [0.15, 0.2) is 0 Å². The molecule has 0 aromatic carbocycles. The molecule has 5 heteroatoms. The standard InChI is InChI=1S/C16H22N4S/c1-2-13-19-14(12-5-8-21-15(12)20-13)18-10-16(11-3-4-11)6-7-17-9-16/h5,8,11,17H,2-4,6-7,9-10H2,1H3,(H,18,19,20). The van der Waals surface area contributed by atoms with E-state index in [0.29, 0.717) is 5.41 Å². The third-order valence-electron chi connectivity index (χ3n) is 5.02. The highest BCUT2D eigenvalue weighted by Crippen LogP contribution is 2.49. The number of hydrogen-bond acceptors (Lipinski definition) is 5. The normalized spacial score (nSPS) is 25.6. The molecule has 1 atom stereocenters. The van der Waals surface area contributed by atoms with E-state index in [-0.39, 0.29) is 0 Å². The smallest absolute Gasteiger partial charge is 0.138 e. The fourth-order valence-electron chi connectivity index (χ4n) is 3.55. The summed E-state index contributed by atoms with van der Waals surface area (Å²) in [5, 5.41) is 10.5. The Kier molecular flexibility index (Phi) is 3.34. The first kappa shape index (κ1) is 13.5. The minimum atomic E-state index is 0.444. The average Bonchev–Trinajstić information content (AvgIpc) is 3.09. The van der Waals surface area contributed by atoms with Crippen LogP contribution in [0.25, 0.3) is 10.2 Å². The maximum atomic E-state index is 4.73. The molecule has 1 aliphatic carbocycles. The molecule has 2 N–H and O–H groups in total. The van der Waals surface area contributed by atoms with Crippen molar-refractivity contribution in [2.45, 2.75) is 32.6 Å². The second kappa shape index (κ2) is 5.21. The molecule has 2 aromatic rings. The summed E-state index contributed by atoms with van der Waals surface area (Å²) in [7, 11) is 0. The SMILES string of the molecule is CCc1nc(NCC2(C3CC3)CCNC2)c2ccsc2n1. The van der Waals surface area contributed by atoms with Crippen LogP contribution in [0.4, 0.5) is 5.82 Å². The first-order valence-corrected chi connectivity index (χ1v) is 8.87. The van der Waals surface area contributed by atoms with E-state index >= 15 is 0 Å². The number of aryl methyl sites for hydroxylation is 1. The van der Waals surface area contributed by atoms with E-state index in [1.165, 1.54) is 24.6 Å². The van der Waals surface area contributed by atoms with E-state index in [1.807, 2.05) is 0 Å². The summed E-state index contributed by atoms with van der Waals surface area (Å²) in [5.74, 6) is 2.88. The zero-order chi connectivity index (χ0) is 14.3. The number of hydrogen-bond donors (Lipinski definition) is 2. The topological polar surface area (TPSA) is 49.8 Å². The molecule has 4 nitrogen and oxygen atoms in total. The van der Waals surface area contributed by atoms with E-state index in [1.54, 1.807) is 11.3 Å². The molecule has 21 heavy (non-hydrogen) atoms. The van der Waals surface area contributed by atoms with Crippen LogP contribution in [0.15, 0.2) is 11.4 Å². The molecule has 3 heterocycles. The van der Waals surface area contributed by atoms with Gasteiger partial charge in [0, 0.05) is 24.9 Å². The van der Waals surface area contributed by atoms with E-state index in [9.17, 15) is 0 Å². The van der Waals surface area contributed by atoms with Gasteiger partial charge in [0.2, 0.25) is 0 Å². The van der Waals surface area contributed by atoms with Gasteiger partial charge in [-0.25, -0.2) is 9.97 Å². The van der Waals surface area contributed by atoms with E-state index in [4.69, 9.17) is 4.98 Å². The highest BCUT2D eigenvalue weighted by atomic mass is 32.1. The van der Waals surface area contributed by atoms with Crippen LogP contribution in [0.5, 0.6) is 0 Å². The second-order valence-corrected chi connectivity index (χ2v) is 7.29. The highest BCUT2D eigenvalue weighted by molar-refractivity contribution is 7.16. The number of thiophene rings is 1. The Hall–Kier alpha value is -1.20. The van der Waals surface area contributed by atoms with Crippen LogP contribution in [-0.4, -0.2) is 29.6 Å². The number of nitrogens with zero attached hydrogens (tertiary/aromatic N) is 2. The molecular formula is C16H22N4S. The summed E-state index contributed by atoms with van der Waals surface area (Å²) in [6, 6.07) is 2.14. The number of nitrogens with one attached hydrogen (secondary N) is 2. The Morgan fingerprint density at radius 2 is 2.33 bits per heavy atom. The van der Waals surface area contributed by atoms with Crippen molar-refractivity contribution in [1.29, 1.82) is 0 Å². The van der Waals surface area contributed by atoms with Gasteiger partial charge in [0.1, 0.15) is 16.5 Å². The van der Waals surface area contributed by atoms with Crippen LogP contribution in [-0.2, 0) is 6.42 Å². The fraction of sp³-hybridized carbons (Fsp3) is 0.625. The van der Waals surface area contributed by atoms with Crippen LogP contribution >= 0.6 is 11.3 Å². The molecule has 0 amide bonds. The van der Waals surface area contributed by atoms with Crippen molar-refractivity contribution in [3.05, 3.63) is 17.3 Å². The van der Waals surface area contributed by atoms with Crippen molar-refractivity contribution >= 4 is 27.4 Å². The molecule has 1 aliphatic heterocycles. The molecule has 2 aliphatic rings. The molecule has 2 aromatic heterocycles. The largest absolute Gasteiger partial charge is 0.369 e. The Balaban J connectivity index is 1.60. The lowest BCUT2D eigenvalue weighted by Gasteiger charge is -2.29. The zero-order valence-electron chi connectivity index (χ0n) is 12.5. The molecule has 0 spiro atoms. The summed E-state index contributed by atoms with van der Waals surface area (Å²) in [6.07, 6.45) is 4.99. The van der Waals surface area contributed by atoms with Crippen molar-refractivity contribution in [2.75, 3.05) is 25.0 Å². The molecule has 1 saturated heterocycles. The summed E-state index contributed by atoms with van der Waals surface area (Å²) in [4.78, 5) is 10.4. The minimum absolute atomic E-state index is 0.444. The summed E-state index contributed by atoms with van der Waals surface area (Å²) >= 11 is 1.70. The molecule has 4 rings (SSSR count). The van der Waals surface area contributed by atoms with Crippen LogP contribution in [0.3, 0.4) is 0 Å². The van der Waals surface area contributed by atoms with Crippen molar-refractivity contribution in [3.63, 3.8) is 0 Å². The fourth-order valence-corrected chi connectivity index (χ4v) is 4.34. The third-order valence-corrected chi connectivity index (χ3v) is 5.82. The van der Waals surface area contributed by atoms with Gasteiger partial charge >= 0.3 is 0 Å². The van der Waals surface area contributed by atoms with Gasteiger partial charge in [-0.15, -0.1) is 11.3 Å². The Bertz CT molecular complexity index is 641. The van der Waals surface area contributed by atoms with Gasteiger partial charge in [0.25, 0.3) is 0 Å². The molecule has 1 saturated carbocycles. The molecule has 1 unspecified atom stereocenters. The summed E-state index contributed by atoms with van der Waals surface area (Å²) in [6.45, 7) is 5.47. The van der Waals surface area contributed by atoms with Gasteiger partial charge in [-0.3, -0.25) is 0 Å². The van der Waals surface area contributed by atoms with Crippen LogP contribution in [0.2, 0.25) is 0 Å². The Labute approximate surface area is 129 Å². The van der Waals surface area contributed by atoms with Crippen LogP contribution in [0.1, 0.15) is 32.0 Å². The van der Waals surface area contributed by atoms with Gasteiger partial charge in [-0.2, -0.15) is 0 Å². The predicted octanol–water partition coefficient (Wildman–Crippen LogP) is 3.06. The monoisotopic (exact) mass is 302 g/mol. The zero-order valence-corrected chi connectivity index (χ0v) is 13.3. The van der Waals surface area contributed by atoms with Gasteiger partial charge in [0.05, 0.1) is 5.39 Å². The summed E-state index contributed by atoms with van der Waals surface area (Å²) in [5.41, 5.74) is 0.444. The van der Waals surface area contributed by atoms with Gasteiger partial charge < -0.3 is 10.6 Å². The third kappa shape index (κ3) is 2.42. The van der Waals surface area contributed by atoms with E-state index < -0.39 is 0 Å². The Morgan fingerprint density at radius 3 is 3.05 bits per heavy atom. The molecular weight excluding hydrogens is 280 g/mol. The number of fused-ring (bicyclic) bond motifs is 1. The minimum Gasteiger partial charge on any atom is -0.369 e. The van der Waals surface area contributed by atoms with Crippen molar-refractivity contribution < 1.29 is 0 Å². The number of rotatable bonds is 5. The lowest BCUT2D eigenvalue weighted by molar-refractivity contribution is 0.293. The van der Waals surface area contributed by atoms with Crippen molar-refractivity contribution in [1.82, 2.24) is 15.3 Å². The van der Waals surface area contributed by atoms with Crippen molar-refractivity contribution in [2.24, 2.45) is 11.3 Å².